The Bertz CT molecular complexity index is 603. The van der Waals surface area contributed by atoms with E-state index in [1.54, 1.807) is 13.2 Å². The van der Waals surface area contributed by atoms with E-state index in [-0.39, 0.29) is 9.80 Å². The maximum atomic E-state index is 12.2. The van der Waals surface area contributed by atoms with Crippen molar-refractivity contribution in [2.75, 3.05) is 20.3 Å². The fraction of sp³-hybridized carbons (Fsp3) is 0.308. The molecule has 0 fully saturated rings. The van der Waals surface area contributed by atoms with Gasteiger partial charge in [0.25, 0.3) is 0 Å². The number of nitriles is 1. The van der Waals surface area contributed by atoms with Gasteiger partial charge in [-0.3, -0.25) is 0 Å². The SMILES string of the molecule is COCCCN/C=C(\C#N)S(=O)(=O)c1ccc(Cl)cc1. The predicted molar refractivity (Wildman–Crippen MR) is 76.8 cm³/mol. The Labute approximate surface area is 123 Å². The minimum atomic E-state index is -3.81. The van der Waals surface area contributed by atoms with Gasteiger partial charge in [0.15, 0.2) is 4.91 Å². The quantitative estimate of drug-likeness (QED) is 0.616. The molecule has 0 aliphatic rings. The number of rotatable bonds is 7. The van der Waals surface area contributed by atoms with Crippen LogP contribution < -0.4 is 5.32 Å². The Morgan fingerprint density at radius 1 is 1.45 bits per heavy atom. The van der Waals surface area contributed by atoms with Gasteiger partial charge < -0.3 is 10.1 Å². The lowest BCUT2D eigenvalue weighted by Gasteiger charge is -2.04. The Hall–Kier alpha value is -1.55. The number of sulfone groups is 1. The summed E-state index contributed by atoms with van der Waals surface area (Å²) >= 11 is 5.71. The summed E-state index contributed by atoms with van der Waals surface area (Å²) in [6, 6.07) is 7.37. The van der Waals surface area contributed by atoms with Crippen LogP contribution in [0.2, 0.25) is 5.02 Å². The molecule has 0 aliphatic carbocycles. The Morgan fingerprint density at radius 3 is 2.65 bits per heavy atom. The number of hydrogen-bond donors (Lipinski definition) is 1. The van der Waals surface area contributed by atoms with E-state index in [1.165, 1.54) is 30.5 Å². The molecule has 0 saturated carbocycles. The van der Waals surface area contributed by atoms with Crippen LogP contribution in [0.5, 0.6) is 0 Å². The van der Waals surface area contributed by atoms with Crippen LogP contribution in [0.15, 0.2) is 40.3 Å². The highest BCUT2D eigenvalue weighted by Crippen LogP contribution is 2.20. The van der Waals surface area contributed by atoms with E-state index >= 15 is 0 Å². The molecule has 1 N–H and O–H groups in total. The first-order valence-corrected chi connectivity index (χ1v) is 7.71. The van der Waals surface area contributed by atoms with Gasteiger partial charge in [0.2, 0.25) is 9.84 Å². The van der Waals surface area contributed by atoms with Crippen molar-refractivity contribution in [2.24, 2.45) is 0 Å². The maximum Gasteiger partial charge on any atom is 0.218 e. The van der Waals surface area contributed by atoms with Crippen molar-refractivity contribution in [1.82, 2.24) is 5.32 Å². The van der Waals surface area contributed by atoms with Gasteiger partial charge in [-0.25, -0.2) is 8.42 Å². The first-order valence-electron chi connectivity index (χ1n) is 5.85. The lowest BCUT2D eigenvalue weighted by molar-refractivity contribution is 0.195. The lowest BCUT2D eigenvalue weighted by atomic mass is 10.4. The third-order valence-corrected chi connectivity index (χ3v) is 4.36. The molecule has 0 atom stereocenters. The molecule has 1 rings (SSSR count). The Kier molecular flexibility index (Phi) is 6.52. The Morgan fingerprint density at radius 2 is 2.10 bits per heavy atom. The largest absolute Gasteiger partial charge is 0.389 e. The van der Waals surface area contributed by atoms with Crippen molar-refractivity contribution in [3.05, 3.63) is 40.4 Å². The van der Waals surface area contributed by atoms with Crippen molar-refractivity contribution in [3.8, 4) is 6.07 Å². The van der Waals surface area contributed by atoms with Gasteiger partial charge in [-0.15, -0.1) is 0 Å². The second-order valence-corrected chi connectivity index (χ2v) is 6.23. The number of allylic oxidation sites excluding steroid dienone is 1. The predicted octanol–water partition coefficient (Wildman–Crippen LogP) is 2.10. The molecule has 0 bridgehead atoms. The summed E-state index contributed by atoms with van der Waals surface area (Å²) in [7, 11) is -2.23. The molecule has 0 heterocycles. The van der Waals surface area contributed by atoms with E-state index in [4.69, 9.17) is 21.6 Å². The van der Waals surface area contributed by atoms with Crippen molar-refractivity contribution in [3.63, 3.8) is 0 Å². The van der Waals surface area contributed by atoms with Crippen LogP contribution in [0, 0.1) is 11.3 Å². The number of hydrogen-bond acceptors (Lipinski definition) is 5. The molecule has 0 aromatic heterocycles. The van der Waals surface area contributed by atoms with Crippen LogP contribution in [-0.2, 0) is 14.6 Å². The van der Waals surface area contributed by atoms with Gasteiger partial charge in [0.1, 0.15) is 6.07 Å². The molecule has 108 valence electrons. The number of benzene rings is 1. The zero-order valence-electron chi connectivity index (χ0n) is 11.0. The number of methoxy groups -OCH3 is 1. The summed E-state index contributed by atoms with van der Waals surface area (Å²) in [6.45, 7) is 1.09. The van der Waals surface area contributed by atoms with Crippen LogP contribution in [-0.4, -0.2) is 28.7 Å². The first-order chi connectivity index (χ1) is 9.52. The standard InChI is InChI=1S/C13H15ClN2O3S/c1-19-8-2-7-16-10-13(9-15)20(17,18)12-5-3-11(14)4-6-12/h3-6,10,16H,2,7-8H2,1H3/b13-10+. The van der Waals surface area contributed by atoms with Gasteiger partial charge in [-0.1, -0.05) is 11.6 Å². The van der Waals surface area contributed by atoms with E-state index in [9.17, 15) is 8.42 Å². The van der Waals surface area contributed by atoms with E-state index in [0.29, 0.717) is 24.6 Å². The summed E-state index contributed by atoms with van der Waals surface area (Å²) in [6.07, 6.45) is 1.92. The summed E-state index contributed by atoms with van der Waals surface area (Å²) in [5.41, 5.74) is 0. The fourth-order valence-corrected chi connectivity index (χ4v) is 2.63. The van der Waals surface area contributed by atoms with Gasteiger partial charge in [-0.05, 0) is 30.7 Å². The fourth-order valence-electron chi connectivity index (χ4n) is 1.39. The third-order valence-electron chi connectivity index (χ3n) is 2.43. The van der Waals surface area contributed by atoms with Crippen LogP contribution in [0.25, 0.3) is 0 Å². The van der Waals surface area contributed by atoms with E-state index in [2.05, 4.69) is 5.32 Å². The highest BCUT2D eigenvalue weighted by Gasteiger charge is 2.20. The van der Waals surface area contributed by atoms with Crippen LogP contribution in [0.1, 0.15) is 6.42 Å². The molecule has 0 amide bonds. The molecule has 7 heteroatoms. The summed E-state index contributed by atoms with van der Waals surface area (Å²) in [5.74, 6) is 0. The molecule has 0 spiro atoms. The van der Waals surface area contributed by atoms with Crippen molar-refractivity contribution in [1.29, 1.82) is 5.26 Å². The molecular formula is C13H15ClN2O3S. The van der Waals surface area contributed by atoms with Crippen LogP contribution >= 0.6 is 11.6 Å². The van der Waals surface area contributed by atoms with Crippen molar-refractivity contribution in [2.45, 2.75) is 11.3 Å². The smallest absolute Gasteiger partial charge is 0.218 e. The summed E-state index contributed by atoms with van der Waals surface area (Å²) in [4.78, 5) is -0.300. The normalized spacial score (nSPS) is 11.9. The average Bonchev–Trinajstić information content (AvgIpc) is 2.43. The highest BCUT2D eigenvalue weighted by atomic mass is 35.5. The summed E-state index contributed by atoms with van der Waals surface area (Å²) in [5, 5.41) is 12.2. The second kappa shape index (κ2) is 7.90. The summed E-state index contributed by atoms with van der Waals surface area (Å²) < 4.78 is 29.3. The molecule has 1 aromatic rings. The molecule has 0 aliphatic heterocycles. The lowest BCUT2D eigenvalue weighted by Crippen LogP contribution is -2.13. The molecule has 5 nitrogen and oxygen atoms in total. The van der Waals surface area contributed by atoms with Gasteiger partial charge in [0, 0.05) is 31.5 Å². The zero-order valence-corrected chi connectivity index (χ0v) is 12.5. The topological polar surface area (TPSA) is 79.2 Å². The maximum absolute atomic E-state index is 12.2. The van der Waals surface area contributed by atoms with Gasteiger partial charge in [0.05, 0.1) is 4.90 Å². The van der Waals surface area contributed by atoms with Gasteiger partial charge in [-0.2, -0.15) is 5.26 Å². The molecule has 0 saturated heterocycles. The third kappa shape index (κ3) is 4.53. The molecule has 20 heavy (non-hydrogen) atoms. The van der Waals surface area contributed by atoms with E-state index < -0.39 is 9.84 Å². The van der Waals surface area contributed by atoms with Gasteiger partial charge >= 0.3 is 0 Å². The molecule has 1 aromatic carbocycles. The van der Waals surface area contributed by atoms with Crippen LogP contribution in [0.4, 0.5) is 0 Å². The monoisotopic (exact) mass is 314 g/mol. The molecular weight excluding hydrogens is 300 g/mol. The van der Waals surface area contributed by atoms with E-state index in [1.807, 2.05) is 0 Å². The van der Waals surface area contributed by atoms with Crippen LogP contribution in [0.3, 0.4) is 0 Å². The number of nitrogens with one attached hydrogen (secondary N) is 1. The highest BCUT2D eigenvalue weighted by molar-refractivity contribution is 7.95. The minimum absolute atomic E-state index is 0.0355. The minimum Gasteiger partial charge on any atom is -0.389 e. The van der Waals surface area contributed by atoms with Crippen molar-refractivity contribution < 1.29 is 13.2 Å². The Balaban J connectivity index is 2.85. The van der Waals surface area contributed by atoms with Crippen molar-refractivity contribution >= 4 is 21.4 Å². The first kappa shape index (κ1) is 16.5. The number of ether oxygens (including phenoxy) is 1. The molecule has 0 unspecified atom stereocenters. The zero-order chi connectivity index (χ0) is 15.0. The number of nitrogens with zero attached hydrogens (tertiary/aromatic N) is 1. The average molecular weight is 315 g/mol. The second-order valence-electron chi connectivity index (χ2n) is 3.88. The number of halogens is 1. The van der Waals surface area contributed by atoms with E-state index in [0.717, 1.165) is 0 Å². The molecule has 0 radical (unpaired) electrons.